The number of nitrogens with zero attached hydrogens (tertiary/aromatic N) is 3. The fourth-order valence-corrected chi connectivity index (χ4v) is 4.39. The Balaban J connectivity index is 2.14. The van der Waals surface area contributed by atoms with Crippen molar-refractivity contribution in [2.24, 2.45) is 0 Å². The number of aromatic nitrogens is 2. The Morgan fingerprint density at radius 1 is 1.50 bits per heavy atom. The zero-order valence-corrected chi connectivity index (χ0v) is 13.9. The van der Waals surface area contributed by atoms with E-state index in [4.69, 9.17) is 0 Å². The topological polar surface area (TPSA) is 21.1 Å². The molecule has 0 aromatic carbocycles. The zero-order chi connectivity index (χ0) is 13.1. The summed E-state index contributed by atoms with van der Waals surface area (Å²) in [5, 5.41) is 4.66. The highest BCUT2D eigenvalue weighted by atomic mass is 79.9. The van der Waals surface area contributed by atoms with E-state index < -0.39 is 0 Å². The fraction of sp³-hybridized carbons (Fsp3) is 0.769. The molecule has 0 N–H and O–H groups in total. The Hall–Kier alpha value is -0.000000000000000111. The average Bonchev–Trinajstić information content (AvgIpc) is 2.99. The van der Waals surface area contributed by atoms with Crippen molar-refractivity contribution >= 4 is 27.7 Å². The van der Waals surface area contributed by atoms with E-state index in [9.17, 15) is 0 Å². The van der Waals surface area contributed by atoms with Crippen molar-refractivity contribution in [3.05, 3.63) is 15.9 Å². The lowest BCUT2D eigenvalue weighted by Gasteiger charge is -2.23. The van der Waals surface area contributed by atoms with Gasteiger partial charge in [0.05, 0.1) is 15.9 Å². The monoisotopic (exact) mass is 331 g/mol. The highest BCUT2D eigenvalue weighted by molar-refractivity contribution is 9.10. The van der Waals surface area contributed by atoms with Crippen molar-refractivity contribution in [1.82, 2.24) is 14.7 Å². The summed E-state index contributed by atoms with van der Waals surface area (Å²) in [4.78, 5) is 2.48. The minimum Gasteiger partial charge on any atom is -0.297 e. The van der Waals surface area contributed by atoms with E-state index in [1.54, 1.807) is 0 Å². The molecule has 0 aliphatic carbocycles. The summed E-state index contributed by atoms with van der Waals surface area (Å²) in [6, 6.07) is 0.729. The van der Waals surface area contributed by atoms with Crippen LogP contribution in [0.3, 0.4) is 0 Å². The molecule has 102 valence electrons. The highest BCUT2D eigenvalue weighted by Gasteiger charge is 2.23. The van der Waals surface area contributed by atoms with Crippen LogP contribution in [0.2, 0.25) is 0 Å². The van der Waals surface area contributed by atoms with E-state index in [-0.39, 0.29) is 0 Å². The molecule has 1 saturated heterocycles. The Bertz CT molecular complexity index is 399. The van der Waals surface area contributed by atoms with Crippen molar-refractivity contribution in [2.45, 2.75) is 45.8 Å². The molecule has 2 rings (SSSR count). The molecular formula is C13H22BrN3S. The second-order valence-electron chi connectivity index (χ2n) is 4.81. The first kappa shape index (κ1) is 14.4. The average molecular weight is 332 g/mol. The van der Waals surface area contributed by atoms with E-state index in [0.717, 1.165) is 25.6 Å². The van der Waals surface area contributed by atoms with Gasteiger partial charge in [0.1, 0.15) is 0 Å². The van der Waals surface area contributed by atoms with E-state index >= 15 is 0 Å². The zero-order valence-electron chi connectivity index (χ0n) is 11.4. The van der Waals surface area contributed by atoms with Crippen LogP contribution in [0.5, 0.6) is 0 Å². The SMILES string of the molecule is CCc1nn(CC)c(CN(C)C2CCSC2)c1Br. The predicted octanol–water partition coefficient (Wildman–Crippen LogP) is 3.17. The summed E-state index contributed by atoms with van der Waals surface area (Å²) in [6.07, 6.45) is 2.31. The third-order valence-corrected chi connectivity index (χ3v) is 5.68. The minimum atomic E-state index is 0.729. The summed E-state index contributed by atoms with van der Waals surface area (Å²) in [6.45, 7) is 6.26. The van der Waals surface area contributed by atoms with E-state index in [1.807, 2.05) is 0 Å². The molecule has 1 aliphatic heterocycles. The fourth-order valence-electron chi connectivity index (χ4n) is 2.40. The number of hydrogen-bond donors (Lipinski definition) is 0. The van der Waals surface area contributed by atoms with Crippen LogP contribution in [-0.2, 0) is 19.5 Å². The maximum Gasteiger partial charge on any atom is 0.0767 e. The lowest BCUT2D eigenvalue weighted by Crippen LogP contribution is -2.31. The number of rotatable bonds is 5. The number of hydrogen-bond acceptors (Lipinski definition) is 3. The van der Waals surface area contributed by atoms with Gasteiger partial charge < -0.3 is 0 Å². The maximum atomic E-state index is 4.66. The number of halogens is 1. The van der Waals surface area contributed by atoms with Crippen molar-refractivity contribution in [3.63, 3.8) is 0 Å². The van der Waals surface area contributed by atoms with Gasteiger partial charge >= 0.3 is 0 Å². The van der Waals surface area contributed by atoms with Gasteiger partial charge in [-0.15, -0.1) is 0 Å². The summed E-state index contributed by atoms with van der Waals surface area (Å²) >= 11 is 5.79. The molecule has 1 atom stereocenters. The first-order valence-corrected chi connectivity index (χ1v) is 8.64. The molecule has 0 amide bonds. The molecule has 1 unspecified atom stereocenters. The van der Waals surface area contributed by atoms with Crippen LogP contribution in [0.25, 0.3) is 0 Å². The van der Waals surface area contributed by atoms with Crippen LogP contribution in [0.15, 0.2) is 4.47 Å². The minimum absolute atomic E-state index is 0.729. The largest absolute Gasteiger partial charge is 0.297 e. The maximum absolute atomic E-state index is 4.66. The standard InChI is InChI=1S/C13H22BrN3S/c1-4-11-13(14)12(17(5-2)15-11)8-16(3)10-6-7-18-9-10/h10H,4-9H2,1-3H3. The van der Waals surface area contributed by atoms with Gasteiger partial charge in [-0.3, -0.25) is 9.58 Å². The summed E-state index contributed by atoms with van der Waals surface area (Å²) in [5.41, 5.74) is 2.51. The van der Waals surface area contributed by atoms with E-state index in [1.165, 1.54) is 33.8 Å². The molecule has 2 heterocycles. The van der Waals surface area contributed by atoms with Crippen molar-refractivity contribution < 1.29 is 0 Å². The third-order valence-electron chi connectivity index (χ3n) is 3.62. The molecule has 0 spiro atoms. The van der Waals surface area contributed by atoms with Gasteiger partial charge in [0, 0.05) is 24.9 Å². The van der Waals surface area contributed by atoms with Gasteiger partial charge in [-0.2, -0.15) is 16.9 Å². The highest BCUT2D eigenvalue weighted by Crippen LogP contribution is 2.27. The Labute approximate surface area is 122 Å². The smallest absolute Gasteiger partial charge is 0.0767 e. The Kier molecular flexibility index (Phi) is 5.15. The molecule has 3 nitrogen and oxygen atoms in total. The van der Waals surface area contributed by atoms with Gasteiger partial charge in [-0.1, -0.05) is 6.92 Å². The summed E-state index contributed by atoms with van der Waals surface area (Å²) in [7, 11) is 2.24. The van der Waals surface area contributed by atoms with Gasteiger partial charge in [0.15, 0.2) is 0 Å². The first-order chi connectivity index (χ1) is 8.67. The third kappa shape index (κ3) is 2.94. The second-order valence-corrected chi connectivity index (χ2v) is 6.75. The number of thioether (sulfide) groups is 1. The van der Waals surface area contributed by atoms with Crippen LogP contribution >= 0.6 is 27.7 Å². The van der Waals surface area contributed by atoms with Crippen LogP contribution < -0.4 is 0 Å². The molecule has 0 radical (unpaired) electrons. The predicted molar refractivity (Wildman–Crippen MR) is 82.2 cm³/mol. The molecule has 1 fully saturated rings. The molecule has 18 heavy (non-hydrogen) atoms. The van der Waals surface area contributed by atoms with Crippen molar-refractivity contribution in [2.75, 3.05) is 18.6 Å². The van der Waals surface area contributed by atoms with Gasteiger partial charge in [-0.05, 0) is 48.5 Å². The molecule has 1 aromatic rings. The Morgan fingerprint density at radius 2 is 2.28 bits per heavy atom. The molecular weight excluding hydrogens is 310 g/mol. The molecule has 0 saturated carbocycles. The van der Waals surface area contributed by atoms with Crippen LogP contribution in [0.4, 0.5) is 0 Å². The van der Waals surface area contributed by atoms with E-state index in [2.05, 4.69) is 63.3 Å². The normalized spacial score (nSPS) is 19.9. The van der Waals surface area contributed by atoms with Crippen LogP contribution in [0, 0.1) is 0 Å². The molecule has 5 heteroatoms. The first-order valence-electron chi connectivity index (χ1n) is 6.69. The van der Waals surface area contributed by atoms with Gasteiger partial charge in [0.25, 0.3) is 0 Å². The second kappa shape index (κ2) is 6.44. The van der Waals surface area contributed by atoms with E-state index in [0.29, 0.717) is 0 Å². The molecule has 1 aliphatic rings. The Morgan fingerprint density at radius 3 is 2.83 bits per heavy atom. The van der Waals surface area contributed by atoms with Gasteiger partial charge in [0.2, 0.25) is 0 Å². The molecule has 0 bridgehead atoms. The summed E-state index contributed by atoms with van der Waals surface area (Å²) in [5.74, 6) is 2.58. The quantitative estimate of drug-likeness (QED) is 0.826. The molecule has 1 aromatic heterocycles. The van der Waals surface area contributed by atoms with Crippen molar-refractivity contribution in [3.8, 4) is 0 Å². The lowest BCUT2D eigenvalue weighted by atomic mass is 10.2. The van der Waals surface area contributed by atoms with Crippen LogP contribution in [-0.4, -0.2) is 39.3 Å². The van der Waals surface area contributed by atoms with Crippen LogP contribution in [0.1, 0.15) is 31.7 Å². The lowest BCUT2D eigenvalue weighted by molar-refractivity contribution is 0.246. The summed E-state index contributed by atoms with van der Waals surface area (Å²) < 4.78 is 3.35. The van der Waals surface area contributed by atoms with Crippen molar-refractivity contribution in [1.29, 1.82) is 0 Å². The number of aryl methyl sites for hydroxylation is 2. The van der Waals surface area contributed by atoms with Gasteiger partial charge in [-0.25, -0.2) is 0 Å².